The fourth-order valence-electron chi connectivity index (χ4n) is 11.4. The summed E-state index contributed by atoms with van der Waals surface area (Å²) in [5.74, 6) is 7.40. The van der Waals surface area contributed by atoms with Gasteiger partial charge in [-0.05, 0) is 80.3 Å². The van der Waals surface area contributed by atoms with Crippen molar-refractivity contribution in [2.24, 2.45) is 0 Å². The van der Waals surface area contributed by atoms with E-state index in [9.17, 15) is 5.53 Å². The van der Waals surface area contributed by atoms with E-state index < -0.39 is 0 Å². The molecule has 0 atom stereocenters. The summed E-state index contributed by atoms with van der Waals surface area (Å²) in [6.07, 6.45) is 57.5. The average molecular weight is 1180 g/mol. The molecule has 0 amide bonds. The fourth-order valence-corrected chi connectivity index (χ4v) is 13.0. The molecule has 1 heterocycles. The Morgan fingerprint density at radius 3 is 1.05 bits per heavy atom. The van der Waals surface area contributed by atoms with Crippen molar-refractivity contribution < 1.29 is 22.7 Å². The van der Waals surface area contributed by atoms with Crippen LogP contribution in [-0.2, 0) is 30.8 Å². The van der Waals surface area contributed by atoms with Gasteiger partial charge in [0.05, 0.1) is 0 Å². The molecule has 5 rings (SSSR count). The van der Waals surface area contributed by atoms with Crippen LogP contribution in [0.15, 0.2) is 120 Å². The average Bonchev–Trinajstić information content (AvgIpc) is 3.77. The van der Waals surface area contributed by atoms with Gasteiger partial charge in [-0.1, -0.05) is 289 Å². The minimum atomic E-state index is 0.575. The van der Waals surface area contributed by atoms with Gasteiger partial charge >= 0.3 is 86.7 Å². The van der Waals surface area contributed by atoms with Crippen molar-refractivity contribution in [2.45, 2.75) is 304 Å². The van der Waals surface area contributed by atoms with E-state index in [1.54, 1.807) is 0 Å². The summed E-state index contributed by atoms with van der Waals surface area (Å²) in [6.45, 7) is 9.14. The molecular weight excluding hydrogens is 1060 g/mol. The molecule has 0 saturated heterocycles. The van der Waals surface area contributed by atoms with E-state index in [-0.39, 0.29) is 0 Å². The molecule has 2 nitrogen and oxygen atoms in total. The van der Waals surface area contributed by atoms with Crippen LogP contribution in [0.5, 0.6) is 0 Å². The van der Waals surface area contributed by atoms with Crippen molar-refractivity contribution >= 4 is 19.5 Å². The maximum atomic E-state index is 12.3. The standard InChI is InChI=1S/C65H106N2.2C6H5.Pd/c1-5-9-13-15-17-19-20-21-22-23-24-25-26-27-28-29-30-31-32-33-34-35-36-37-39-41-43-45-55-63-62(54-44-42-40-38-18-16-14-10-6-2)64(60-52-46-50-58(56-60)48-11-7-3)67(66)65(63)61-53-47-51-59(57-61)49-12-8-4;2*1-2-4-6-5-3-1;/h46-47,50-53,56-57H,5-44,48-49,54H2,1-4H3;2*1-5H;. The molecule has 80 heavy (non-hydrogen) atoms. The van der Waals surface area contributed by atoms with Crippen LogP contribution in [0, 0.1) is 11.8 Å². The summed E-state index contributed by atoms with van der Waals surface area (Å²) in [6, 6.07) is 39.1. The van der Waals surface area contributed by atoms with Crippen LogP contribution in [0.1, 0.15) is 313 Å². The first-order chi connectivity index (χ1) is 39.6. The molecule has 0 fully saturated rings. The second-order valence-corrected chi connectivity index (χ2v) is 25.7. The van der Waals surface area contributed by atoms with Crippen LogP contribution >= 0.6 is 0 Å². The Morgan fingerprint density at radius 2 is 0.675 bits per heavy atom. The normalized spacial score (nSPS) is 12.3. The van der Waals surface area contributed by atoms with Gasteiger partial charge in [0.15, 0.2) is 0 Å². The fraction of sp³-hybridized carbons (Fsp3) is 0.610. The van der Waals surface area contributed by atoms with E-state index in [4.69, 9.17) is 0 Å². The molecule has 0 unspecified atom stereocenters. The number of allylic oxidation sites excluding steroid dienone is 2. The summed E-state index contributed by atoms with van der Waals surface area (Å²) in [5, 5.41) is 0. The summed E-state index contributed by atoms with van der Waals surface area (Å²) in [7, 11) is 0. The number of unbranched alkanes of at least 4 members (excludes halogenated alkanes) is 36. The van der Waals surface area contributed by atoms with Crippen LogP contribution in [0.25, 0.3) is 16.9 Å². The Morgan fingerprint density at radius 1 is 0.338 bits per heavy atom. The van der Waals surface area contributed by atoms with Crippen molar-refractivity contribution in [1.29, 1.82) is 0 Å². The molecule has 4 aromatic rings. The monoisotopic (exact) mass is 1170 g/mol. The van der Waals surface area contributed by atoms with Crippen LogP contribution in [0.2, 0.25) is 0 Å². The molecule has 0 radical (unpaired) electrons. The predicted octanol–water partition coefficient (Wildman–Crippen LogP) is 23.7. The number of nitrogens with zero attached hydrogens (tertiary/aromatic N) is 2. The van der Waals surface area contributed by atoms with E-state index in [0.717, 1.165) is 66.6 Å². The zero-order valence-corrected chi connectivity index (χ0v) is 53.6. The molecule has 3 heteroatoms. The van der Waals surface area contributed by atoms with Crippen molar-refractivity contribution in [2.75, 3.05) is 0 Å². The number of benzene rings is 4. The first-order valence-corrected chi connectivity index (χ1v) is 35.5. The molecule has 4 aromatic carbocycles. The van der Waals surface area contributed by atoms with Gasteiger partial charge in [0, 0.05) is 23.1 Å². The third kappa shape index (κ3) is 31.0. The molecule has 0 bridgehead atoms. The Bertz CT molecular complexity index is 2240. The van der Waals surface area contributed by atoms with Crippen LogP contribution in [0.3, 0.4) is 0 Å². The van der Waals surface area contributed by atoms with Gasteiger partial charge in [-0.15, -0.1) is 0 Å². The van der Waals surface area contributed by atoms with Crippen LogP contribution in [0.4, 0.5) is 0 Å². The Balaban J connectivity index is 0.000000916. The molecule has 1 aliphatic heterocycles. The summed E-state index contributed by atoms with van der Waals surface area (Å²) < 4.78 is 4.37. The first kappa shape index (κ1) is 68.7. The van der Waals surface area contributed by atoms with Gasteiger partial charge in [-0.25, -0.2) is 4.70 Å². The van der Waals surface area contributed by atoms with Gasteiger partial charge < -0.3 is 5.53 Å². The first-order valence-electron chi connectivity index (χ1n) is 33.9. The molecule has 0 aromatic heterocycles. The zero-order valence-electron chi connectivity index (χ0n) is 52.0. The topological polar surface area (TPSA) is 25.3 Å². The number of aryl methyl sites for hydroxylation is 2. The molecule has 0 saturated carbocycles. The van der Waals surface area contributed by atoms with E-state index in [1.165, 1.54) is 267 Å². The maximum absolute atomic E-state index is 12.3. The molecule has 1 aliphatic rings. The van der Waals surface area contributed by atoms with Gasteiger partial charge in [-0.3, -0.25) is 0 Å². The van der Waals surface area contributed by atoms with E-state index in [2.05, 4.69) is 149 Å². The van der Waals surface area contributed by atoms with E-state index >= 15 is 0 Å². The van der Waals surface area contributed by atoms with Crippen molar-refractivity contribution in [3.05, 3.63) is 148 Å². The summed E-state index contributed by atoms with van der Waals surface area (Å²) in [5.41, 5.74) is 21.4. The Labute approximate surface area is 502 Å². The van der Waals surface area contributed by atoms with E-state index in [1.807, 2.05) is 0 Å². The predicted molar refractivity (Wildman–Crippen MR) is 350 cm³/mol. The number of hydrogen-bond acceptors (Lipinski definition) is 0. The van der Waals surface area contributed by atoms with E-state index in [0.29, 0.717) is 18.0 Å². The molecule has 0 spiro atoms. The zero-order chi connectivity index (χ0) is 56.6. The third-order valence-electron chi connectivity index (χ3n) is 16.3. The molecule has 0 aliphatic carbocycles. The van der Waals surface area contributed by atoms with Crippen molar-refractivity contribution in [1.82, 2.24) is 0 Å². The molecule has 0 N–H and O–H groups in total. The van der Waals surface area contributed by atoms with Crippen molar-refractivity contribution in [3.8, 4) is 11.8 Å². The van der Waals surface area contributed by atoms with Crippen LogP contribution in [-0.4, -0.2) is 4.70 Å². The third-order valence-corrected chi connectivity index (χ3v) is 18.2. The van der Waals surface area contributed by atoms with Crippen molar-refractivity contribution in [3.63, 3.8) is 0 Å². The molecule has 444 valence electrons. The number of rotatable bonds is 46. The SMILES string of the molecule is CCCCCCCCCCCCCCCCCCCCCCCCCCCCC#CC1=C(c2cccc(CCCC)c2)[N+](=[N-])C(c2cccc(CCCC)c2)=C1CCCCCCCCCCC.c1cc[c]([Pd][c]2ccccc2)cc1. The van der Waals surface area contributed by atoms with Crippen LogP contribution < -0.4 is 8.07 Å². The Kier molecular flexibility index (Phi) is 40.9. The number of hydrogen-bond donors (Lipinski definition) is 0. The summed E-state index contributed by atoms with van der Waals surface area (Å²) in [4.78, 5) is 0. The van der Waals surface area contributed by atoms with Gasteiger partial charge in [0.25, 0.3) is 0 Å². The van der Waals surface area contributed by atoms with Gasteiger partial charge in [0.1, 0.15) is 5.57 Å². The van der Waals surface area contributed by atoms with Gasteiger partial charge in [-0.2, -0.15) is 0 Å². The molecular formula is C77H116N2Pd. The quantitative estimate of drug-likeness (QED) is 0.0182. The van der Waals surface area contributed by atoms with Gasteiger partial charge in [0.2, 0.25) is 11.4 Å². The minimum absolute atomic E-state index is 0.575. The second-order valence-electron chi connectivity index (χ2n) is 23.5. The second kappa shape index (κ2) is 47.6. The summed E-state index contributed by atoms with van der Waals surface area (Å²) >= 11 is 0.575. The Hall–Kier alpha value is -3.82.